The van der Waals surface area contributed by atoms with Gasteiger partial charge in [-0.25, -0.2) is 0 Å². The van der Waals surface area contributed by atoms with Crippen LogP contribution in [0.1, 0.15) is 155 Å². The number of nitriles is 2. The van der Waals surface area contributed by atoms with Crippen molar-refractivity contribution in [2.24, 2.45) is 29.4 Å². The number of piperidine rings is 4. The van der Waals surface area contributed by atoms with Crippen molar-refractivity contribution >= 4 is 58.0 Å². The van der Waals surface area contributed by atoms with E-state index in [1.54, 1.807) is 24.3 Å². The summed E-state index contributed by atoms with van der Waals surface area (Å²) in [5, 5.41) is 34.6. The molecule has 4 heterocycles. The van der Waals surface area contributed by atoms with Crippen molar-refractivity contribution in [3.05, 3.63) is 71.8 Å². The normalized spacial score (nSPS) is 16.8. The van der Waals surface area contributed by atoms with Crippen LogP contribution in [0.5, 0.6) is 0 Å². The van der Waals surface area contributed by atoms with Crippen LogP contribution in [-0.2, 0) is 19.2 Å². The van der Waals surface area contributed by atoms with E-state index in [-0.39, 0.29) is 63.5 Å². The van der Waals surface area contributed by atoms with Gasteiger partial charge in [-0.1, -0.05) is 48.5 Å². The molecule has 8 N–H and O–H groups in total. The number of nitrogens with two attached hydrogens (primary N) is 1. The molecule has 0 radical (unpaired) electrons. The summed E-state index contributed by atoms with van der Waals surface area (Å²) in [5.74, 6) is 1.84. The second-order valence-corrected chi connectivity index (χ2v) is 26.2. The summed E-state index contributed by atoms with van der Waals surface area (Å²) in [4.78, 5) is 74.9. The van der Waals surface area contributed by atoms with Crippen molar-refractivity contribution in [3.63, 3.8) is 0 Å². The Hall–Kier alpha value is -5.18. The minimum Gasteiger partial charge on any atom is -0.352 e. The van der Waals surface area contributed by atoms with Crippen molar-refractivity contribution in [1.82, 2.24) is 46.6 Å². The van der Waals surface area contributed by atoms with Gasteiger partial charge in [0.15, 0.2) is 0 Å². The molecule has 2 aromatic rings. The topological polar surface area (TPSA) is 258 Å². The van der Waals surface area contributed by atoms with E-state index in [0.29, 0.717) is 55.1 Å². The van der Waals surface area contributed by atoms with Gasteiger partial charge >= 0.3 is 0 Å². The molecule has 82 heavy (non-hydrogen) atoms. The van der Waals surface area contributed by atoms with E-state index in [1.807, 2.05) is 119 Å². The fourth-order valence-corrected chi connectivity index (χ4v) is 9.03. The van der Waals surface area contributed by atoms with Crippen LogP contribution in [0.2, 0.25) is 0 Å². The quantitative estimate of drug-likeness (QED) is 0.0805. The summed E-state index contributed by atoms with van der Waals surface area (Å²) in [6.07, 6.45) is 8.12. The summed E-state index contributed by atoms with van der Waals surface area (Å²) < 4.78 is 0. The van der Waals surface area contributed by atoms with Crippen LogP contribution in [0.25, 0.3) is 0 Å². The zero-order valence-electron chi connectivity index (χ0n) is 51.7. The van der Waals surface area contributed by atoms with Crippen LogP contribution in [0.3, 0.4) is 0 Å². The van der Waals surface area contributed by atoms with E-state index in [0.717, 1.165) is 110 Å². The number of rotatable bonds is 12. The Bertz CT molecular complexity index is 2240. The van der Waals surface area contributed by atoms with Crippen LogP contribution in [0.15, 0.2) is 60.7 Å². The van der Waals surface area contributed by atoms with E-state index in [9.17, 15) is 28.8 Å². The maximum Gasteiger partial charge on any atom is 0.252 e. The third kappa shape index (κ3) is 39.3. The zero-order chi connectivity index (χ0) is 61.9. The van der Waals surface area contributed by atoms with Gasteiger partial charge in [0, 0.05) is 51.7 Å². The van der Waals surface area contributed by atoms with Crippen LogP contribution >= 0.6 is 23.2 Å². The molecule has 0 bridgehead atoms. The molecule has 4 aliphatic heterocycles. The molecule has 5 amide bonds. The zero-order valence-corrected chi connectivity index (χ0v) is 53.2. The fraction of sp³-hybridized carbons (Fsp3) is 0.677. The lowest BCUT2D eigenvalue weighted by Gasteiger charge is -2.32. The van der Waals surface area contributed by atoms with Gasteiger partial charge in [-0.2, -0.15) is 10.5 Å². The Morgan fingerprint density at radius 2 is 0.854 bits per heavy atom. The molecular formula is C62H102Cl2N12O6. The highest BCUT2D eigenvalue weighted by Crippen LogP contribution is 2.18. The Balaban J connectivity index is 0.000000515. The number of nitrogens with zero attached hydrogens (tertiary/aromatic N) is 5. The van der Waals surface area contributed by atoms with E-state index in [4.69, 9.17) is 39.5 Å². The van der Waals surface area contributed by atoms with Crippen LogP contribution < -0.4 is 37.6 Å². The summed E-state index contributed by atoms with van der Waals surface area (Å²) in [6, 6.07) is 22.6. The van der Waals surface area contributed by atoms with E-state index in [1.165, 1.54) is 0 Å². The number of hydrogen-bond acceptors (Lipinski definition) is 13. The Morgan fingerprint density at radius 3 is 1.15 bits per heavy atom. The first-order valence-electron chi connectivity index (χ1n) is 29.1. The second kappa shape index (κ2) is 39.4. The molecule has 0 aliphatic carbocycles. The van der Waals surface area contributed by atoms with Gasteiger partial charge in [0.2, 0.25) is 23.6 Å². The first-order chi connectivity index (χ1) is 38.3. The molecule has 0 aromatic heterocycles. The number of carbonyl (C=O) groups is 6. The third-order valence-corrected chi connectivity index (χ3v) is 13.4. The predicted octanol–water partition coefficient (Wildman–Crippen LogP) is 7.47. The fourth-order valence-electron chi connectivity index (χ4n) is 8.83. The Labute approximate surface area is 502 Å². The van der Waals surface area contributed by atoms with E-state index < -0.39 is 5.24 Å². The molecule has 460 valence electrons. The lowest BCUT2D eigenvalue weighted by molar-refractivity contribution is -0.124. The number of halogens is 2. The minimum absolute atomic E-state index is 0.0115. The maximum atomic E-state index is 12.1. The maximum absolute atomic E-state index is 12.1. The molecule has 20 heteroatoms. The molecule has 4 fully saturated rings. The first-order valence-corrected chi connectivity index (χ1v) is 30.0. The lowest BCUT2D eigenvalue weighted by atomic mass is 9.96. The standard InChI is InChI=1S/C19H29N3O2.C12H25N3O.C12H21N3O.C7H5ClO.C6H12ClNO.C6H10N2/c1-19(2,3)21-17(23)14-22-11-9-15(10-12-22)13-20-18(24)16-7-5-4-6-8-16;2*1-12(2,3)14-11(16)9-15-6-4-10(8-13)5-7-15;8-7(9)6-4-2-1-3-5-6;1-6(2,3)8-5(9)4-7;7-5-6-1-3-8-4-2-6/h4-8,15H,9-14H2,1-3H3,(H,20,24)(H,21,23);10H,4-9,13H2,1-3H3,(H,14,16);10H,4-7,9H2,1-3H3,(H,14,16);1-5H;4H2,1-3H3,(H,8,9);6,8H,1-4H2. The minimum atomic E-state index is -0.407. The highest BCUT2D eigenvalue weighted by atomic mass is 35.5. The SMILES string of the molecule is CC(C)(C)NC(=O)CCl.CC(C)(C)NC(=O)CN1CCC(C#N)CC1.CC(C)(C)NC(=O)CN1CCC(CN)CC1.CC(C)(C)NC(=O)CN1CCC(CNC(=O)c2ccccc2)CC1.N#CC1CCNCC1.O=C(Cl)c1ccccc1. The number of hydrogen-bond donors (Lipinski definition) is 7. The van der Waals surface area contributed by atoms with Crippen LogP contribution in [0.4, 0.5) is 0 Å². The van der Waals surface area contributed by atoms with Crippen molar-refractivity contribution in [1.29, 1.82) is 10.5 Å². The average molecular weight is 1180 g/mol. The number of alkyl halides is 1. The molecule has 4 aliphatic rings. The molecule has 18 nitrogen and oxygen atoms in total. The highest BCUT2D eigenvalue weighted by Gasteiger charge is 2.25. The number of nitrogens with one attached hydrogen (secondary N) is 6. The van der Waals surface area contributed by atoms with Crippen molar-refractivity contribution < 1.29 is 28.8 Å². The molecule has 0 spiro atoms. The Kier molecular flexibility index (Phi) is 35.9. The third-order valence-electron chi connectivity index (χ3n) is 12.9. The van der Waals surface area contributed by atoms with Crippen molar-refractivity contribution in [3.8, 4) is 12.1 Å². The van der Waals surface area contributed by atoms with E-state index >= 15 is 0 Å². The number of carbonyl (C=O) groups excluding carboxylic acids is 6. The van der Waals surface area contributed by atoms with Crippen molar-refractivity contribution in [2.75, 3.05) is 91.0 Å². The van der Waals surface area contributed by atoms with Gasteiger partial charge in [-0.15, -0.1) is 11.6 Å². The van der Waals surface area contributed by atoms with Crippen LogP contribution in [-0.4, -0.2) is 163 Å². The average Bonchev–Trinajstić information content (AvgIpc) is 3.40. The summed E-state index contributed by atoms with van der Waals surface area (Å²) in [7, 11) is 0. The number of amides is 5. The van der Waals surface area contributed by atoms with Crippen LogP contribution in [0, 0.1) is 46.3 Å². The van der Waals surface area contributed by atoms with Gasteiger partial charge in [0.05, 0.1) is 31.8 Å². The Morgan fingerprint density at radius 1 is 0.524 bits per heavy atom. The summed E-state index contributed by atoms with van der Waals surface area (Å²) in [6.45, 7) is 34.2. The monoisotopic (exact) mass is 1180 g/mol. The summed E-state index contributed by atoms with van der Waals surface area (Å²) in [5.41, 5.74) is 6.24. The first kappa shape index (κ1) is 74.8. The van der Waals surface area contributed by atoms with Gasteiger partial charge < -0.3 is 37.6 Å². The molecular weight excluding hydrogens is 1080 g/mol. The van der Waals surface area contributed by atoms with Gasteiger partial charge in [0.1, 0.15) is 5.88 Å². The predicted molar refractivity (Wildman–Crippen MR) is 331 cm³/mol. The molecule has 0 atom stereocenters. The van der Waals surface area contributed by atoms with Gasteiger partial charge in [-0.05, 0) is 229 Å². The van der Waals surface area contributed by atoms with Gasteiger partial charge in [-0.3, -0.25) is 43.5 Å². The molecule has 0 unspecified atom stereocenters. The smallest absolute Gasteiger partial charge is 0.252 e. The molecule has 0 saturated carbocycles. The second-order valence-electron chi connectivity index (χ2n) is 25.5. The number of likely N-dealkylation sites (tertiary alicyclic amines) is 3. The number of benzene rings is 2. The van der Waals surface area contributed by atoms with E-state index in [2.05, 4.69) is 58.7 Å². The summed E-state index contributed by atoms with van der Waals surface area (Å²) >= 11 is 10.4. The lowest BCUT2D eigenvalue weighted by Crippen LogP contribution is -2.48. The van der Waals surface area contributed by atoms with Gasteiger partial charge in [0.25, 0.3) is 11.1 Å². The largest absolute Gasteiger partial charge is 0.352 e. The molecule has 2 aromatic carbocycles. The molecule has 6 rings (SSSR count). The highest BCUT2D eigenvalue weighted by molar-refractivity contribution is 6.67. The van der Waals surface area contributed by atoms with Crippen molar-refractivity contribution in [2.45, 2.75) is 157 Å². The molecule has 4 saturated heterocycles.